The number of hydrogen-bond donors (Lipinski definition) is 0. The summed E-state index contributed by atoms with van der Waals surface area (Å²) in [5.41, 5.74) is 1.94. The van der Waals surface area contributed by atoms with E-state index >= 15 is 0 Å². The topological polar surface area (TPSA) is 46.1 Å². The molecule has 146 valence electrons. The summed E-state index contributed by atoms with van der Waals surface area (Å²) in [5.74, 6) is 0.391. The molecule has 4 nitrogen and oxygen atoms in total. The van der Waals surface area contributed by atoms with E-state index in [1.165, 1.54) is 0 Å². The first kappa shape index (κ1) is 19.9. The zero-order valence-electron chi connectivity index (χ0n) is 15.8. The van der Waals surface area contributed by atoms with Gasteiger partial charge in [0.05, 0.1) is 22.5 Å². The van der Waals surface area contributed by atoms with Gasteiger partial charge in [-0.2, -0.15) is 0 Å². The van der Waals surface area contributed by atoms with E-state index in [0.29, 0.717) is 12.3 Å². The van der Waals surface area contributed by atoms with Gasteiger partial charge < -0.3 is 0 Å². The van der Waals surface area contributed by atoms with Gasteiger partial charge in [-0.25, -0.2) is 4.98 Å². The first-order chi connectivity index (χ1) is 14.2. The van der Waals surface area contributed by atoms with Crippen LogP contribution in [0.3, 0.4) is 0 Å². The summed E-state index contributed by atoms with van der Waals surface area (Å²) >= 11 is 4.77. The molecule has 4 rings (SSSR count). The largest absolute Gasteiger partial charge is 0.283 e. The standard InChI is InChI=1S/C22H19N3OS3/c1-27-18-10-5-11-19-21(18)24-22(29-19)25(14-16-7-6-12-23-13-16)20(26)15-28-17-8-3-2-4-9-17/h2-13H,14-15H2,1H3. The molecule has 29 heavy (non-hydrogen) atoms. The first-order valence-electron chi connectivity index (χ1n) is 9.05. The van der Waals surface area contributed by atoms with Crippen molar-refractivity contribution in [3.8, 4) is 0 Å². The number of aromatic nitrogens is 2. The molecule has 0 atom stereocenters. The lowest BCUT2D eigenvalue weighted by Gasteiger charge is -2.19. The highest BCUT2D eigenvalue weighted by Crippen LogP contribution is 2.35. The minimum atomic E-state index is 0.0347. The average molecular weight is 438 g/mol. The Balaban J connectivity index is 1.63. The lowest BCUT2D eigenvalue weighted by molar-refractivity contribution is -0.116. The molecule has 0 bridgehead atoms. The zero-order chi connectivity index (χ0) is 20.1. The number of para-hydroxylation sites is 1. The van der Waals surface area contributed by atoms with Crippen molar-refractivity contribution in [1.82, 2.24) is 9.97 Å². The molecule has 0 aliphatic rings. The van der Waals surface area contributed by atoms with Gasteiger partial charge in [-0.15, -0.1) is 23.5 Å². The fourth-order valence-corrected chi connectivity index (χ4v) is 5.30. The van der Waals surface area contributed by atoms with E-state index < -0.39 is 0 Å². The summed E-state index contributed by atoms with van der Waals surface area (Å²) in [4.78, 5) is 26.2. The third kappa shape index (κ3) is 4.80. The highest BCUT2D eigenvalue weighted by atomic mass is 32.2. The van der Waals surface area contributed by atoms with Gasteiger partial charge in [0.15, 0.2) is 5.13 Å². The molecular weight excluding hydrogens is 418 g/mol. The predicted molar refractivity (Wildman–Crippen MR) is 124 cm³/mol. The molecule has 1 amide bonds. The molecule has 0 radical (unpaired) electrons. The average Bonchev–Trinajstić information content (AvgIpc) is 3.21. The van der Waals surface area contributed by atoms with Crippen LogP contribution in [-0.4, -0.2) is 27.9 Å². The number of thiazole rings is 1. The Morgan fingerprint density at radius 2 is 1.93 bits per heavy atom. The minimum Gasteiger partial charge on any atom is -0.283 e. The van der Waals surface area contributed by atoms with E-state index in [1.54, 1.807) is 52.2 Å². The summed E-state index contributed by atoms with van der Waals surface area (Å²) in [6.07, 6.45) is 5.58. The number of benzene rings is 2. The second-order valence-corrected chi connectivity index (χ2v) is 9.15. The van der Waals surface area contributed by atoms with Gasteiger partial charge in [-0.05, 0) is 42.2 Å². The molecule has 4 aromatic rings. The van der Waals surface area contributed by atoms with Gasteiger partial charge in [0.25, 0.3) is 0 Å². The van der Waals surface area contributed by atoms with E-state index in [4.69, 9.17) is 4.98 Å². The first-order valence-corrected chi connectivity index (χ1v) is 12.1. The van der Waals surface area contributed by atoms with Crippen molar-refractivity contribution in [3.05, 3.63) is 78.6 Å². The fraction of sp³-hybridized carbons (Fsp3) is 0.136. The van der Waals surface area contributed by atoms with Gasteiger partial charge in [-0.1, -0.05) is 41.7 Å². The number of anilines is 1. The molecule has 0 aliphatic carbocycles. The van der Waals surface area contributed by atoms with Gasteiger partial charge in [-0.3, -0.25) is 14.7 Å². The maximum atomic E-state index is 13.2. The number of nitrogens with zero attached hydrogens (tertiary/aromatic N) is 3. The second-order valence-electron chi connectivity index (χ2n) is 6.25. The highest BCUT2D eigenvalue weighted by Gasteiger charge is 2.21. The van der Waals surface area contributed by atoms with Crippen LogP contribution in [0.5, 0.6) is 0 Å². The molecule has 0 aliphatic heterocycles. The third-order valence-corrected chi connectivity index (χ3v) is 7.10. The van der Waals surface area contributed by atoms with Crippen LogP contribution in [0.25, 0.3) is 10.2 Å². The van der Waals surface area contributed by atoms with E-state index in [2.05, 4.69) is 17.1 Å². The van der Waals surface area contributed by atoms with E-state index in [-0.39, 0.29) is 5.91 Å². The number of thioether (sulfide) groups is 2. The summed E-state index contributed by atoms with van der Waals surface area (Å²) in [5, 5.41) is 0.726. The van der Waals surface area contributed by atoms with Crippen molar-refractivity contribution < 1.29 is 4.79 Å². The number of hydrogen-bond acceptors (Lipinski definition) is 6. The lowest BCUT2D eigenvalue weighted by atomic mass is 10.2. The molecule has 0 unspecified atom stereocenters. The van der Waals surface area contributed by atoms with Crippen molar-refractivity contribution in [1.29, 1.82) is 0 Å². The van der Waals surface area contributed by atoms with Crippen LogP contribution >= 0.6 is 34.9 Å². The summed E-state index contributed by atoms with van der Waals surface area (Å²) in [7, 11) is 0. The maximum absolute atomic E-state index is 13.2. The molecule has 0 spiro atoms. The fourth-order valence-electron chi connectivity index (χ4n) is 2.87. The molecule has 0 fully saturated rings. The molecule has 2 aromatic carbocycles. The number of carbonyl (C=O) groups is 1. The Kier molecular flexibility index (Phi) is 6.49. The summed E-state index contributed by atoms with van der Waals surface area (Å²) in [6.45, 7) is 0.455. The van der Waals surface area contributed by atoms with Crippen molar-refractivity contribution in [3.63, 3.8) is 0 Å². The van der Waals surface area contributed by atoms with Crippen LogP contribution in [-0.2, 0) is 11.3 Å². The molecule has 7 heteroatoms. The summed E-state index contributed by atoms with van der Waals surface area (Å²) in [6, 6.07) is 20.0. The number of carbonyl (C=O) groups excluding carboxylic acids is 1. The second kappa shape index (κ2) is 9.43. The zero-order valence-corrected chi connectivity index (χ0v) is 18.3. The van der Waals surface area contributed by atoms with Crippen LogP contribution in [0.15, 0.2) is 82.8 Å². The maximum Gasteiger partial charge on any atom is 0.239 e. The Hall–Kier alpha value is -2.35. The van der Waals surface area contributed by atoms with Crippen LogP contribution in [0, 0.1) is 0 Å². The van der Waals surface area contributed by atoms with Gasteiger partial charge in [0.1, 0.15) is 0 Å². The molecule has 0 saturated heterocycles. The summed E-state index contributed by atoms with van der Waals surface area (Å²) < 4.78 is 1.09. The van der Waals surface area contributed by atoms with E-state index in [9.17, 15) is 4.79 Å². The SMILES string of the molecule is CSc1cccc2sc(N(Cc3cccnc3)C(=O)CSc3ccccc3)nc12. The number of fused-ring (bicyclic) bond motifs is 1. The van der Waals surface area contributed by atoms with Gasteiger partial charge in [0.2, 0.25) is 5.91 Å². The smallest absolute Gasteiger partial charge is 0.239 e. The van der Waals surface area contributed by atoms with Crippen molar-refractivity contribution >= 4 is 56.1 Å². The van der Waals surface area contributed by atoms with Crippen molar-refractivity contribution in [2.24, 2.45) is 0 Å². The number of amides is 1. The Bertz CT molecular complexity index is 1100. The van der Waals surface area contributed by atoms with E-state index in [1.807, 2.05) is 54.8 Å². The van der Waals surface area contributed by atoms with Crippen LogP contribution < -0.4 is 4.90 Å². The van der Waals surface area contributed by atoms with Crippen LogP contribution in [0.4, 0.5) is 5.13 Å². The predicted octanol–water partition coefficient (Wildman–Crippen LogP) is 5.74. The van der Waals surface area contributed by atoms with Crippen molar-refractivity contribution in [2.75, 3.05) is 16.9 Å². The quantitative estimate of drug-likeness (QED) is 0.345. The number of pyridine rings is 1. The normalized spacial score (nSPS) is 10.9. The monoisotopic (exact) mass is 437 g/mol. The van der Waals surface area contributed by atoms with E-state index in [0.717, 1.165) is 30.7 Å². The molecular formula is C22H19N3OS3. The third-order valence-electron chi connectivity index (χ3n) is 4.29. The van der Waals surface area contributed by atoms with Gasteiger partial charge >= 0.3 is 0 Å². The Morgan fingerprint density at radius 1 is 1.07 bits per heavy atom. The Morgan fingerprint density at radius 3 is 2.69 bits per heavy atom. The molecule has 0 saturated carbocycles. The molecule has 2 heterocycles. The molecule has 0 N–H and O–H groups in total. The lowest BCUT2D eigenvalue weighted by Crippen LogP contribution is -2.31. The minimum absolute atomic E-state index is 0.0347. The van der Waals surface area contributed by atoms with Gasteiger partial charge in [0, 0.05) is 22.2 Å². The van der Waals surface area contributed by atoms with Crippen molar-refractivity contribution in [2.45, 2.75) is 16.3 Å². The molecule has 2 aromatic heterocycles. The van der Waals surface area contributed by atoms with Crippen LogP contribution in [0.2, 0.25) is 0 Å². The van der Waals surface area contributed by atoms with Crippen LogP contribution in [0.1, 0.15) is 5.56 Å². The number of rotatable bonds is 7. The Labute approximate surface area is 182 Å². The highest BCUT2D eigenvalue weighted by molar-refractivity contribution is 8.00.